The van der Waals surface area contributed by atoms with Crippen molar-refractivity contribution in [1.29, 1.82) is 10.8 Å². The highest BCUT2D eigenvalue weighted by molar-refractivity contribution is 5.88. The molecular weight excluding hydrogens is 380 g/mol. The minimum atomic E-state index is -0.305. The van der Waals surface area contributed by atoms with Crippen molar-refractivity contribution in [2.24, 2.45) is 0 Å². The predicted molar refractivity (Wildman–Crippen MR) is 115 cm³/mol. The van der Waals surface area contributed by atoms with Crippen LogP contribution in [-0.2, 0) is 17.8 Å². The first-order valence-corrected chi connectivity index (χ1v) is 10.2. The molecule has 2 aromatic rings. The van der Waals surface area contributed by atoms with E-state index in [0.717, 1.165) is 36.3 Å². The molecule has 1 amide bonds. The summed E-state index contributed by atoms with van der Waals surface area (Å²) in [6.07, 6.45) is 5.75. The number of aromatic nitrogens is 1. The molecular formula is C22H26N6O2. The van der Waals surface area contributed by atoms with Crippen LogP contribution in [0.1, 0.15) is 29.2 Å². The summed E-state index contributed by atoms with van der Waals surface area (Å²) >= 11 is 0. The van der Waals surface area contributed by atoms with E-state index in [1.165, 1.54) is 18.0 Å². The minimum absolute atomic E-state index is 0.175. The van der Waals surface area contributed by atoms with Gasteiger partial charge in [0.1, 0.15) is 6.61 Å². The van der Waals surface area contributed by atoms with Crippen molar-refractivity contribution >= 4 is 24.2 Å². The number of hydrazine groups is 1. The molecule has 0 bridgehead atoms. The lowest BCUT2D eigenvalue weighted by Gasteiger charge is -2.25. The van der Waals surface area contributed by atoms with Crippen LogP contribution in [0.3, 0.4) is 0 Å². The third kappa shape index (κ3) is 4.33. The number of benzene rings is 1. The van der Waals surface area contributed by atoms with Crippen LogP contribution >= 0.6 is 0 Å². The summed E-state index contributed by atoms with van der Waals surface area (Å²) in [7, 11) is 0. The number of rotatable bonds is 7. The van der Waals surface area contributed by atoms with E-state index in [9.17, 15) is 4.79 Å². The summed E-state index contributed by atoms with van der Waals surface area (Å²) < 4.78 is 5.39. The number of hydrogen-bond donors (Lipinski definition) is 3. The van der Waals surface area contributed by atoms with E-state index in [1.54, 1.807) is 11.1 Å². The standard InChI is InChI=1S/C22H26N6O2/c23-12-18(13-24)16-4-5-21-17(11-16)6-10-28(21)26-19-7-9-27(14-19)22(29)30-15-20-3-1-2-8-25-20/h1-5,8,11-13,18-19,23-24,26H,6-7,9-10,14-15H2. The van der Waals surface area contributed by atoms with Gasteiger partial charge >= 0.3 is 6.09 Å². The van der Waals surface area contributed by atoms with E-state index in [0.29, 0.717) is 13.1 Å². The fourth-order valence-electron chi connectivity index (χ4n) is 3.97. The third-order valence-electron chi connectivity index (χ3n) is 5.60. The Morgan fingerprint density at radius 1 is 1.27 bits per heavy atom. The Hall–Kier alpha value is -3.26. The molecule has 1 aromatic carbocycles. The molecule has 3 heterocycles. The monoisotopic (exact) mass is 406 g/mol. The van der Waals surface area contributed by atoms with Gasteiger partial charge in [-0.15, -0.1) is 0 Å². The smallest absolute Gasteiger partial charge is 0.410 e. The molecule has 2 aliphatic heterocycles. The van der Waals surface area contributed by atoms with Crippen LogP contribution in [0.25, 0.3) is 0 Å². The Morgan fingerprint density at radius 2 is 2.13 bits per heavy atom. The second kappa shape index (κ2) is 9.04. The minimum Gasteiger partial charge on any atom is -0.443 e. The van der Waals surface area contributed by atoms with Gasteiger partial charge in [-0.2, -0.15) is 0 Å². The normalized spacial score (nSPS) is 18.7. The summed E-state index contributed by atoms with van der Waals surface area (Å²) in [6, 6.07) is 11.8. The van der Waals surface area contributed by atoms with Crippen LogP contribution in [0, 0.1) is 10.8 Å². The van der Waals surface area contributed by atoms with E-state index >= 15 is 0 Å². The number of nitrogens with zero attached hydrogens (tertiary/aromatic N) is 3. The molecule has 3 N–H and O–H groups in total. The molecule has 1 saturated heterocycles. The molecule has 4 rings (SSSR count). The second-order valence-electron chi connectivity index (χ2n) is 7.59. The number of ether oxygens (including phenoxy) is 1. The number of pyridine rings is 1. The van der Waals surface area contributed by atoms with Crippen molar-refractivity contribution in [3.05, 3.63) is 59.4 Å². The first-order chi connectivity index (χ1) is 14.7. The molecule has 2 aliphatic rings. The molecule has 8 heteroatoms. The van der Waals surface area contributed by atoms with Crippen LogP contribution in [0.2, 0.25) is 0 Å². The molecule has 1 atom stereocenters. The number of fused-ring (bicyclic) bond motifs is 1. The summed E-state index contributed by atoms with van der Waals surface area (Å²) in [5.41, 5.74) is 7.61. The van der Waals surface area contributed by atoms with Gasteiger partial charge in [0, 0.05) is 44.3 Å². The molecule has 156 valence electrons. The van der Waals surface area contributed by atoms with Crippen molar-refractivity contribution in [1.82, 2.24) is 15.3 Å². The molecule has 0 saturated carbocycles. The van der Waals surface area contributed by atoms with E-state index in [4.69, 9.17) is 15.6 Å². The topological polar surface area (TPSA) is 105 Å². The molecule has 30 heavy (non-hydrogen) atoms. The Bertz CT molecular complexity index is 911. The number of nitrogens with one attached hydrogen (secondary N) is 3. The van der Waals surface area contributed by atoms with E-state index < -0.39 is 0 Å². The maximum absolute atomic E-state index is 12.4. The van der Waals surface area contributed by atoms with Crippen molar-refractivity contribution in [3.63, 3.8) is 0 Å². The Balaban J connectivity index is 1.31. The van der Waals surface area contributed by atoms with E-state index in [1.807, 2.05) is 24.3 Å². The lowest BCUT2D eigenvalue weighted by atomic mass is 9.98. The summed E-state index contributed by atoms with van der Waals surface area (Å²) in [5.74, 6) is -0.266. The zero-order valence-corrected chi connectivity index (χ0v) is 16.8. The SMILES string of the molecule is N=CC(C=N)c1ccc2c(c1)CCN2NC1CCN(C(=O)OCc2ccccn2)C1. The third-order valence-corrected chi connectivity index (χ3v) is 5.60. The molecule has 1 unspecified atom stereocenters. The van der Waals surface area contributed by atoms with Crippen LogP contribution in [0.5, 0.6) is 0 Å². The summed E-state index contributed by atoms with van der Waals surface area (Å²) in [6.45, 7) is 2.31. The average Bonchev–Trinajstić information content (AvgIpc) is 3.41. The summed E-state index contributed by atoms with van der Waals surface area (Å²) in [4.78, 5) is 18.3. The highest BCUT2D eigenvalue weighted by atomic mass is 16.6. The van der Waals surface area contributed by atoms with Crippen molar-refractivity contribution in [3.8, 4) is 0 Å². The van der Waals surface area contributed by atoms with Gasteiger partial charge in [0.05, 0.1) is 17.3 Å². The van der Waals surface area contributed by atoms with Crippen molar-refractivity contribution < 1.29 is 9.53 Å². The Kier molecular flexibility index (Phi) is 6.04. The number of likely N-dealkylation sites (tertiary alicyclic amines) is 1. The van der Waals surface area contributed by atoms with Gasteiger partial charge in [0.25, 0.3) is 0 Å². The number of carbonyl (C=O) groups excluding carboxylic acids is 1. The molecule has 8 nitrogen and oxygen atoms in total. The van der Waals surface area contributed by atoms with Gasteiger partial charge in [0.2, 0.25) is 0 Å². The van der Waals surface area contributed by atoms with Gasteiger partial charge < -0.3 is 25.5 Å². The van der Waals surface area contributed by atoms with Crippen LogP contribution in [0.15, 0.2) is 42.6 Å². The van der Waals surface area contributed by atoms with Gasteiger partial charge in [-0.05, 0) is 42.2 Å². The zero-order chi connectivity index (χ0) is 20.9. The number of anilines is 1. The van der Waals surface area contributed by atoms with Gasteiger partial charge in [-0.1, -0.05) is 18.2 Å². The first kappa shape index (κ1) is 20.0. The van der Waals surface area contributed by atoms with Crippen molar-refractivity contribution in [2.75, 3.05) is 24.6 Å². The zero-order valence-electron chi connectivity index (χ0n) is 16.8. The van der Waals surface area contributed by atoms with Crippen molar-refractivity contribution in [2.45, 2.75) is 31.4 Å². The lowest BCUT2D eigenvalue weighted by Crippen LogP contribution is -2.45. The number of amides is 1. The maximum Gasteiger partial charge on any atom is 0.410 e. The number of hydrogen-bond acceptors (Lipinski definition) is 7. The van der Waals surface area contributed by atoms with Gasteiger partial charge in [-0.25, -0.2) is 10.2 Å². The average molecular weight is 406 g/mol. The molecule has 0 spiro atoms. The molecule has 1 aromatic heterocycles. The Labute approximate surface area is 175 Å². The first-order valence-electron chi connectivity index (χ1n) is 10.2. The fraction of sp³-hybridized carbons (Fsp3) is 0.364. The molecule has 0 aliphatic carbocycles. The van der Waals surface area contributed by atoms with Crippen LogP contribution in [0.4, 0.5) is 10.5 Å². The highest BCUT2D eigenvalue weighted by Gasteiger charge is 2.30. The molecule has 1 fully saturated rings. The molecule has 0 radical (unpaired) electrons. The Morgan fingerprint density at radius 3 is 2.90 bits per heavy atom. The quantitative estimate of drug-likeness (QED) is 0.613. The maximum atomic E-state index is 12.4. The van der Waals surface area contributed by atoms with E-state index in [2.05, 4.69) is 27.6 Å². The largest absolute Gasteiger partial charge is 0.443 e. The fourth-order valence-corrected chi connectivity index (χ4v) is 3.97. The van der Waals surface area contributed by atoms with Crippen LogP contribution in [-0.4, -0.2) is 54.1 Å². The summed E-state index contributed by atoms with van der Waals surface area (Å²) in [5, 5.41) is 17.1. The van der Waals surface area contributed by atoms with Crippen LogP contribution < -0.4 is 10.4 Å². The van der Waals surface area contributed by atoms with Gasteiger partial charge in [-0.3, -0.25) is 4.98 Å². The van der Waals surface area contributed by atoms with Gasteiger partial charge in [0.15, 0.2) is 0 Å². The highest BCUT2D eigenvalue weighted by Crippen LogP contribution is 2.30. The second-order valence-corrected chi connectivity index (χ2v) is 7.59. The van der Waals surface area contributed by atoms with E-state index in [-0.39, 0.29) is 24.7 Å². The lowest BCUT2D eigenvalue weighted by molar-refractivity contribution is 0.102. The number of carbonyl (C=O) groups is 1. The predicted octanol–water partition coefficient (Wildman–Crippen LogP) is 2.74.